The predicted molar refractivity (Wildman–Crippen MR) is 51.3 cm³/mol. The SMILES string of the molecule is CNCC1(CCOC)CCCC1. The van der Waals surface area contributed by atoms with E-state index in [4.69, 9.17) is 4.74 Å². The summed E-state index contributed by atoms with van der Waals surface area (Å²) in [6.45, 7) is 2.08. The van der Waals surface area contributed by atoms with E-state index in [0.29, 0.717) is 5.41 Å². The zero-order chi connectivity index (χ0) is 8.86. The van der Waals surface area contributed by atoms with Crippen molar-refractivity contribution in [2.45, 2.75) is 32.1 Å². The first-order chi connectivity index (χ1) is 5.83. The van der Waals surface area contributed by atoms with Gasteiger partial charge >= 0.3 is 0 Å². The molecule has 0 atom stereocenters. The van der Waals surface area contributed by atoms with Crippen LogP contribution in [0.5, 0.6) is 0 Å². The van der Waals surface area contributed by atoms with E-state index in [0.717, 1.165) is 13.2 Å². The van der Waals surface area contributed by atoms with E-state index in [1.807, 2.05) is 7.05 Å². The third-order valence-corrected chi connectivity index (χ3v) is 3.05. The maximum absolute atomic E-state index is 5.15. The maximum atomic E-state index is 5.15. The molecule has 0 bridgehead atoms. The molecular formula is C10H21NO. The van der Waals surface area contributed by atoms with Gasteiger partial charge in [-0.2, -0.15) is 0 Å². The van der Waals surface area contributed by atoms with Gasteiger partial charge < -0.3 is 10.1 Å². The Morgan fingerprint density at radius 2 is 2.00 bits per heavy atom. The third kappa shape index (κ3) is 2.46. The first-order valence-electron chi connectivity index (χ1n) is 4.96. The Morgan fingerprint density at radius 3 is 2.50 bits per heavy atom. The Labute approximate surface area is 75.7 Å². The average Bonchev–Trinajstić information content (AvgIpc) is 2.51. The van der Waals surface area contributed by atoms with Crippen LogP contribution in [0.3, 0.4) is 0 Å². The molecule has 1 saturated carbocycles. The van der Waals surface area contributed by atoms with E-state index in [1.165, 1.54) is 32.1 Å². The molecule has 1 aliphatic carbocycles. The standard InChI is InChI=1S/C10H21NO/c1-11-9-10(7-8-12-2)5-3-4-6-10/h11H,3-9H2,1-2H3. The molecule has 0 spiro atoms. The normalized spacial score (nSPS) is 21.5. The number of nitrogens with one attached hydrogen (secondary N) is 1. The van der Waals surface area contributed by atoms with E-state index >= 15 is 0 Å². The van der Waals surface area contributed by atoms with Gasteiger partial charge in [0.05, 0.1) is 0 Å². The minimum Gasteiger partial charge on any atom is -0.385 e. The molecule has 2 nitrogen and oxygen atoms in total. The molecule has 2 heteroatoms. The van der Waals surface area contributed by atoms with Gasteiger partial charge in [-0.3, -0.25) is 0 Å². The lowest BCUT2D eigenvalue weighted by Crippen LogP contribution is -2.31. The fourth-order valence-corrected chi connectivity index (χ4v) is 2.33. The lowest BCUT2D eigenvalue weighted by molar-refractivity contribution is 0.136. The topological polar surface area (TPSA) is 21.3 Å². The lowest BCUT2D eigenvalue weighted by atomic mass is 9.83. The lowest BCUT2D eigenvalue weighted by Gasteiger charge is -2.28. The Kier molecular flexibility index (Phi) is 4.02. The van der Waals surface area contributed by atoms with Crippen LogP contribution in [0.2, 0.25) is 0 Å². The van der Waals surface area contributed by atoms with Crippen molar-refractivity contribution in [3.63, 3.8) is 0 Å². The zero-order valence-electron chi connectivity index (χ0n) is 8.36. The van der Waals surface area contributed by atoms with Crippen molar-refractivity contribution >= 4 is 0 Å². The van der Waals surface area contributed by atoms with Gasteiger partial charge in [0.2, 0.25) is 0 Å². The van der Waals surface area contributed by atoms with Gasteiger partial charge in [-0.15, -0.1) is 0 Å². The summed E-state index contributed by atoms with van der Waals surface area (Å²) in [4.78, 5) is 0. The van der Waals surface area contributed by atoms with E-state index in [-0.39, 0.29) is 0 Å². The minimum atomic E-state index is 0.560. The summed E-state index contributed by atoms with van der Waals surface area (Å²) in [5.74, 6) is 0. The summed E-state index contributed by atoms with van der Waals surface area (Å²) in [6, 6.07) is 0. The molecule has 0 aromatic carbocycles. The highest BCUT2D eigenvalue weighted by Crippen LogP contribution is 2.40. The molecule has 1 fully saturated rings. The van der Waals surface area contributed by atoms with Crippen molar-refractivity contribution in [2.75, 3.05) is 27.3 Å². The molecule has 1 rings (SSSR count). The molecule has 0 unspecified atom stereocenters. The second-order valence-electron chi connectivity index (χ2n) is 3.98. The molecule has 1 N–H and O–H groups in total. The number of rotatable bonds is 5. The second kappa shape index (κ2) is 4.83. The van der Waals surface area contributed by atoms with E-state index in [2.05, 4.69) is 5.32 Å². The molecule has 0 aromatic rings. The highest BCUT2D eigenvalue weighted by molar-refractivity contribution is 4.85. The van der Waals surface area contributed by atoms with Gasteiger partial charge in [0.1, 0.15) is 0 Å². The van der Waals surface area contributed by atoms with Crippen molar-refractivity contribution in [2.24, 2.45) is 5.41 Å². The Bertz CT molecular complexity index is 119. The van der Waals surface area contributed by atoms with Crippen LogP contribution in [-0.2, 0) is 4.74 Å². The summed E-state index contributed by atoms with van der Waals surface area (Å²) >= 11 is 0. The summed E-state index contributed by atoms with van der Waals surface area (Å²) < 4.78 is 5.15. The second-order valence-corrected chi connectivity index (χ2v) is 3.98. The fraction of sp³-hybridized carbons (Fsp3) is 1.00. The van der Waals surface area contributed by atoms with Crippen LogP contribution in [0.15, 0.2) is 0 Å². The van der Waals surface area contributed by atoms with E-state index in [9.17, 15) is 0 Å². The Morgan fingerprint density at radius 1 is 1.33 bits per heavy atom. The van der Waals surface area contributed by atoms with Crippen molar-refractivity contribution in [1.82, 2.24) is 5.32 Å². The highest BCUT2D eigenvalue weighted by atomic mass is 16.5. The van der Waals surface area contributed by atoms with Crippen LogP contribution in [0, 0.1) is 5.41 Å². The molecule has 0 amide bonds. The van der Waals surface area contributed by atoms with Gasteiger partial charge in [-0.25, -0.2) is 0 Å². The smallest absolute Gasteiger partial charge is 0.0468 e. The van der Waals surface area contributed by atoms with Gasteiger partial charge in [-0.1, -0.05) is 12.8 Å². The fourth-order valence-electron chi connectivity index (χ4n) is 2.33. The van der Waals surface area contributed by atoms with Crippen LogP contribution in [0.25, 0.3) is 0 Å². The molecule has 0 saturated heterocycles. The van der Waals surface area contributed by atoms with Crippen LogP contribution in [-0.4, -0.2) is 27.3 Å². The highest BCUT2D eigenvalue weighted by Gasteiger charge is 2.32. The minimum absolute atomic E-state index is 0.560. The summed E-state index contributed by atoms with van der Waals surface area (Å²) in [7, 11) is 3.84. The quantitative estimate of drug-likeness (QED) is 0.681. The van der Waals surface area contributed by atoms with Gasteiger partial charge in [0.25, 0.3) is 0 Å². The molecular weight excluding hydrogens is 150 g/mol. The molecule has 0 aromatic heterocycles. The van der Waals surface area contributed by atoms with Crippen molar-refractivity contribution in [1.29, 1.82) is 0 Å². The number of hydrogen-bond acceptors (Lipinski definition) is 2. The van der Waals surface area contributed by atoms with E-state index in [1.54, 1.807) is 7.11 Å². The van der Waals surface area contributed by atoms with Crippen molar-refractivity contribution in [3.8, 4) is 0 Å². The maximum Gasteiger partial charge on any atom is 0.0468 e. The molecule has 0 aliphatic heterocycles. The molecule has 1 aliphatic rings. The summed E-state index contributed by atoms with van der Waals surface area (Å²) in [5.41, 5.74) is 0.560. The summed E-state index contributed by atoms with van der Waals surface area (Å²) in [6.07, 6.45) is 6.82. The zero-order valence-corrected chi connectivity index (χ0v) is 8.36. The number of hydrogen-bond donors (Lipinski definition) is 1. The van der Waals surface area contributed by atoms with E-state index < -0.39 is 0 Å². The number of ether oxygens (including phenoxy) is 1. The van der Waals surface area contributed by atoms with Crippen molar-refractivity contribution in [3.05, 3.63) is 0 Å². The third-order valence-electron chi connectivity index (χ3n) is 3.05. The van der Waals surface area contributed by atoms with Gasteiger partial charge in [0, 0.05) is 20.3 Å². The van der Waals surface area contributed by atoms with Crippen LogP contribution < -0.4 is 5.32 Å². The van der Waals surface area contributed by atoms with Crippen molar-refractivity contribution < 1.29 is 4.74 Å². The van der Waals surface area contributed by atoms with Crippen LogP contribution in [0.1, 0.15) is 32.1 Å². The number of methoxy groups -OCH3 is 1. The van der Waals surface area contributed by atoms with Crippen LogP contribution in [0.4, 0.5) is 0 Å². The average molecular weight is 171 g/mol. The van der Waals surface area contributed by atoms with Gasteiger partial charge in [-0.05, 0) is 31.7 Å². The first-order valence-corrected chi connectivity index (χ1v) is 4.96. The Hall–Kier alpha value is -0.0800. The first kappa shape index (κ1) is 10.0. The summed E-state index contributed by atoms with van der Waals surface area (Å²) in [5, 5.41) is 3.30. The predicted octanol–water partition coefficient (Wildman–Crippen LogP) is 1.80. The largest absolute Gasteiger partial charge is 0.385 e. The Balaban J connectivity index is 2.35. The molecule has 0 radical (unpaired) electrons. The monoisotopic (exact) mass is 171 g/mol. The van der Waals surface area contributed by atoms with Crippen LogP contribution >= 0.6 is 0 Å². The van der Waals surface area contributed by atoms with Gasteiger partial charge in [0.15, 0.2) is 0 Å². The molecule has 72 valence electrons. The molecule has 0 heterocycles. The molecule has 12 heavy (non-hydrogen) atoms.